The van der Waals surface area contributed by atoms with Gasteiger partial charge in [-0.25, -0.2) is 4.98 Å². The van der Waals surface area contributed by atoms with Crippen LogP contribution in [0.1, 0.15) is 48.6 Å². The van der Waals surface area contributed by atoms with Crippen molar-refractivity contribution < 1.29 is 4.79 Å². The zero-order chi connectivity index (χ0) is 15.6. The van der Waals surface area contributed by atoms with Crippen LogP contribution in [0, 0.1) is 6.92 Å². The van der Waals surface area contributed by atoms with Gasteiger partial charge in [0.15, 0.2) is 11.4 Å². The van der Waals surface area contributed by atoms with E-state index in [-0.39, 0.29) is 5.41 Å². The summed E-state index contributed by atoms with van der Waals surface area (Å²) in [5, 5.41) is 0.884. The lowest BCUT2D eigenvalue weighted by molar-refractivity contribution is 0.112. The zero-order valence-corrected chi connectivity index (χ0v) is 14.1. The van der Waals surface area contributed by atoms with Crippen LogP contribution in [0.25, 0.3) is 0 Å². The third kappa shape index (κ3) is 3.32. The quantitative estimate of drug-likeness (QED) is 0.766. The molecule has 0 N–H and O–H groups in total. The molecule has 0 saturated heterocycles. The highest BCUT2D eigenvalue weighted by Gasteiger charge is 2.25. The van der Waals surface area contributed by atoms with Crippen molar-refractivity contribution in [2.24, 2.45) is 0 Å². The van der Waals surface area contributed by atoms with Gasteiger partial charge in [0.05, 0.1) is 10.6 Å². The summed E-state index contributed by atoms with van der Waals surface area (Å²) in [4.78, 5) is 19.0. The number of nitrogens with zero attached hydrogens (tertiary/aromatic N) is 2. The van der Waals surface area contributed by atoms with Gasteiger partial charge >= 0.3 is 0 Å². The Morgan fingerprint density at radius 3 is 2.52 bits per heavy atom. The third-order valence-electron chi connectivity index (χ3n) is 3.32. The van der Waals surface area contributed by atoms with Crippen LogP contribution in [0.2, 0.25) is 0 Å². The van der Waals surface area contributed by atoms with Crippen LogP contribution in [-0.4, -0.2) is 17.8 Å². The van der Waals surface area contributed by atoms with Gasteiger partial charge in [0.2, 0.25) is 0 Å². The summed E-state index contributed by atoms with van der Waals surface area (Å²) in [6.45, 7) is 11.3. The predicted molar refractivity (Wildman–Crippen MR) is 90.1 cm³/mol. The molecule has 0 saturated carbocycles. The summed E-state index contributed by atoms with van der Waals surface area (Å²) in [5.74, 6) is 0. The average molecular weight is 302 g/mol. The van der Waals surface area contributed by atoms with Gasteiger partial charge in [-0.2, -0.15) is 0 Å². The Labute approximate surface area is 130 Å². The lowest BCUT2D eigenvalue weighted by Crippen LogP contribution is -2.17. The highest BCUT2D eigenvalue weighted by molar-refractivity contribution is 7.17. The first kappa shape index (κ1) is 15.7. The molecule has 21 heavy (non-hydrogen) atoms. The molecule has 3 nitrogen and oxygen atoms in total. The van der Waals surface area contributed by atoms with E-state index in [1.54, 1.807) is 0 Å². The minimum Gasteiger partial charge on any atom is -0.318 e. The molecule has 0 spiro atoms. The largest absolute Gasteiger partial charge is 0.318 e. The Balaban J connectivity index is 2.49. The predicted octanol–water partition coefficient (Wildman–Crippen LogP) is 4.72. The van der Waals surface area contributed by atoms with Crippen molar-refractivity contribution in [3.8, 4) is 0 Å². The molecule has 1 aromatic carbocycles. The Morgan fingerprint density at radius 1 is 1.33 bits per heavy atom. The van der Waals surface area contributed by atoms with Crippen molar-refractivity contribution in [3.05, 3.63) is 40.4 Å². The Bertz CT molecular complexity index is 640. The van der Waals surface area contributed by atoms with Crippen LogP contribution in [0.3, 0.4) is 0 Å². The first-order valence-corrected chi connectivity index (χ1v) is 7.99. The maximum atomic E-state index is 11.3. The van der Waals surface area contributed by atoms with Crippen LogP contribution >= 0.6 is 11.3 Å². The molecule has 0 bridgehead atoms. The Morgan fingerprint density at radius 2 is 2.05 bits per heavy atom. The monoisotopic (exact) mass is 302 g/mol. The lowest BCUT2D eigenvalue weighted by Gasteiger charge is -2.21. The first-order valence-electron chi connectivity index (χ1n) is 7.17. The average Bonchev–Trinajstić information content (AvgIpc) is 2.84. The van der Waals surface area contributed by atoms with E-state index in [1.807, 2.05) is 6.07 Å². The number of hydrogen-bond acceptors (Lipinski definition) is 4. The number of aldehydes is 1. The maximum absolute atomic E-state index is 11.3. The van der Waals surface area contributed by atoms with E-state index in [9.17, 15) is 4.79 Å². The fourth-order valence-electron chi connectivity index (χ4n) is 2.28. The van der Waals surface area contributed by atoms with Crippen LogP contribution < -0.4 is 4.90 Å². The van der Waals surface area contributed by atoms with E-state index in [0.717, 1.165) is 34.2 Å². The summed E-state index contributed by atoms with van der Waals surface area (Å²) < 4.78 is 0. The molecule has 2 rings (SSSR count). The lowest BCUT2D eigenvalue weighted by atomic mass is 9.91. The molecular weight excluding hydrogens is 280 g/mol. The van der Waals surface area contributed by atoms with E-state index in [2.05, 4.69) is 57.7 Å². The maximum Gasteiger partial charge on any atom is 0.190 e. The van der Waals surface area contributed by atoms with Gasteiger partial charge in [-0.05, 0) is 31.5 Å². The zero-order valence-electron chi connectivity index (χ0n) is 13.3. The number of hydrogen-bond donors (Lipinski definition) is 0. The number of carbonyl (C=O) groups is 1. The molecule has 1 aromatic heterocycles. The van der Waals surface area contributed by atoms with Gasteiger partial charge in [-0.15, -0.1) is 0 Å². The summed E-state index contributed by atoms with van der Waals surface area (Å²) in [6.07, 6.45) is 0.922. The van der Waals surface area contributed by atoms with Gasteiger partial charge in [0.25, 0.3) is 0 Å². The molecule has 0 aliphatic heterocycles. The standard InChI is InChI=1S/C17H22N2OS/c1-6-19(13-9-7-8-12(2)10-13)16-18-15(17(3,4)5)14(11-20)21-16/h7-11H,6H2,1-5H3. The molecule has 0 aliphatic carbocycles. The van der Waals surface area contributed by atoms with E-state index in [4.69, 9.17) is 4.98 Å². The summed E-state index contributed by atoms with van der Waals surface area (Å²) in [7, 11) is 0. The molecule has 2 aromatic rings. The van der Waals surface area contributed by atoms with Crippen molar-refractivity contribution >= 4 is 28.4 Å². The first-order chi connectivity index (χ1) is 9.86. The van der Waals surface area contributed by atoms with Crippen LogP contribution in [0.4, 0.5) is 10.8 Å². The second-order valence-electron chi connectivity index (χ2n) is 6.16. The Kier molecular flexibility index (Phi) is 4.47. The van der Waals surface area contributed by atoms with E-state index >= 15 is 0 Å². The van der Waals surface area contributed by atoms with Gasteiger partial charge < -0.3 is 4.90 Å². The number of aryl methyl sites for hydroxylation is 1. The van der Waals surface area contributed by atoms with Crippen molar-refractivity contribution in [2.75, 3.05) is 11.4 Å². The van der Waals surface area contributed by atoms with Gasteiger partial charge in [-0.1, -0.05) is 44.2 Å². The minimum absolute atomic E-state index is 0.128. The number of rotatable bonds is 4. The fraction of sp³-hybridized carbons (Fsp3) is 0.412. The topological polar surface area (TPSA) is 33.2 Å². The minimum atomic E-state index is -0.128. The summed E-state index contributed by atoms with van der Waals surface area (Å²) in [6, 6.07) is 8.35. The highest BCUT2D eigenvalue weighted by atomic mass is 32.1. The van der Waals surface area contributed by atoms with Crippen molar-refractivity contribution in [1.82, 2.24) is 4.98 Å². The number of anilines is 2. The van der Waals surface area contributed by atoms with Gasteiger partial charge in [0, 0.05) is 17.6 Å². The molecule has 0 amide bonds. The smallest absolute Gasteiger partial charge is 0.190 e. The van der Waals surface area contributed by atoms with E-state index in [0.29, 0.717) is 0 Å². The Hall–Kier alpha value is -1.68. The summed E-state index contributed by atoms with van der Waals surface area (Å²) in [5.41, 5.74) is 3.08. The van der Waals surface area contributed by atoms with Gasteiger partial charge in [-0.3, -0.25) is 4.79 Å². The van der Waals surface area contributed by atoms with Crippen molar-refractivity contribution in [1.29, 1.82) is 0 Å². The summed E-state index contributed by atoms with van der Waals surface area (Å²) >= 11 is 1.47. The number of benzene rings is 1. The number of aromatic nitrogens is 1. The molecule has 0 fully saturated rings. The van der Waals surface area contributed by atoms with Crippen LogP contribution in [-0.2, 0) is 5.41 Å². The molecule has 0 aliphatic rings. The van der Waals surface area contributed by atoms with Crippen LogP contribution in [0.5, 0.6) is 0 Å². The fourth-order valence-corrected chi connectivity index (χ4v) is 3.45. The molecule has 0 unspecified atom stereocenters. The SMILES string of the molecule is CCN(c1cccc(C)c1)c1nc(C(C)(C)C)c(C=O)s1. The molecular formula is C17H22N2OS. The molecule has 4 heteroatoms. The molecule has 0 radical (unpaired) electrons. The second kappa shape index (κ2) is 5.98. The number of thiazole rings is 1. The molecule has 0 atom stereocenters. The van der Waals surface area contributed by atoms with E-state index in [1.165, 1.54) is 16.9 Å². The number of carbonyl (C=O) groups excluding carboxylic acids is 1. The molecule has 1 heterocycles. The van der Waals surface area contributed by atoms with E-state index < -0.39 is 0 Å². The highest BCUT2D eigenvalue weighted by Crippen LogP contribution is 2.35. The van der Waals surface area contributed by atoms with Crippen molar-refractivity contribution in [2.45, 2.75) is 40.0 Å². The van der Waals surface area contributed by atoms with Crippen molar-refractivity contribution in [3.63, 3.8) is 0 Å². The van der Waals surface area contributed by atoms with Crippen LogP contribution in [0.15, 0.2) is 24.3 Å². The second-order valence-corrected chi connectivity index (χ2v) is 7.17. The van der Waals surface area contributed by atoms with Gasteiger partial charge in [0.1, 0.15) is 0 Å². The normalized spacial score (nSPS) is 11.5. The third-order valence-corrected chi connectivity index (χ3v) is 4.32. The molecule has 112 valence electrons.